The van der Waals surface area contributed by atoms with Crippen molar-refractivity contribution in [2.75, 3.05) is 0 Å². The summed E-state index contributed by atoms with van der Waals surface area (Å²) in [6.07, 6.45) is 2.17. The van der Waals surface area contributed by atoms with Crippen molar-refractivity contribution in [2.24, 2.45) is 15.4 Å². The summed E-state index contributed by atoms with van der Waals surface area (Å²) in [5.41, 5.74) is 4.72. The van der Waals surface area contributed by atoms with E-state index in [1.54, 1.807) is 6.08 Å². The Hall–Kier alpha value is -2.23. The van der Waals surface area contributed by atoms with Crippen LogP contribution in [0.4, 0.5) is 0 Å². The molecule has 0 bridgehead atoms. The van der Waals surface area contributed by atoms with E-state index in [0.717, 1.165) is 22.5 Å². The molecule has 1 N–H and O–H groups in total. The van der Waals surface area contributed by atoms with E-state index in [0.29, 0.717) is 18.1 Å². The Morgan fingerprint density at radius 3 is 2.58 bits per heavy atom. The number of aliphatic hydroxyl groups is 1. The molecular weight excluding hydrogens is 238 g/mol. The minimum absolute atomic E-state index is 0.303. The van der Waals surface area contributed by atoms with Gasteiger partial charge in [-0.3, -0.25) is 0 Å². The summed E-state index contributed by atoms with van der Waals surface area (Å²) in [5.74, 6) is 0.808. The van der Waals surface area contributed by atoms with Crippen LogP contribution in [-0.2, 0) is 0 Å². The van der Waals surface area contributed by atoms with Crippen LogP contribution in [0.3, 0.4) is 0 Å². The predicted octanol–water partition coefficient (Wildman–Crippen LogP) is 4.19. The van der Waals surface area contributed by atoms with Gasteiger partial charge in [0.25, 0.3) is 0 Å². The molecule has 0 aromatic heterocycles. The molecule has 1 heterocycles. The largest absolute Gasteiger partial charge is 0.512 e. The molecular formula is C15H15N3O. The molecule has 1 aliphatic heterocycles. The summed E-state index contributed by atoms with van der Waals surface area (Å²) in [7, 11) is 0. The van der Waals surface area contributed by atoms with Gasteiger partial charge in [0.05, 0.1) is 12.2 Å². The molecule has 19 heavy (non-hydrogen) atoms. The Balaban J connectivity index is 2.05. The van der Waals surface area contributed by atoms with E-state index in [9.17, 15) is 5.11 Å². The van der Waals surface area contributed by atoms with E-state index in [4.69, 9.17) is 0 Å². The van der Waals surface area contributed by atoms with Crippen molar-refractivity contribution in [3.63, 3.8) is 0 Å². The molecule has 0 unspecified atom stereocenters. The van der Waals surface area contributed by atoms with Gasteiger partial charge in [-0.05, 0) is 28.3 Å². The molecule has 0 fully saturated rings. The number of fused-ring (bicyclic) bond motifs is 1. The Bertz CT molecular complexity index is 634. The number of benzene rings is 1. The van der Waals surface area contributed by atoms with Crippen molar-refractivity contribution in [1.82, 2.24) is 0 Å². The van der Waals surface area contributed by atoms with E-state index in [1.165, 1.54) is 5.56 Å². The summed E-state index contributed by atoms with van der Waals surface area (Å²) < 4.78 is 0. The molecule has 96 valence electrons. The maximum absolute atomic E-state index is 9.79. The molecule has 4 nitrogen and oxygen atoms in total. The molecule has 0 saturated carbocycles. The van der Waals surface area contributed by atoms with Crippen molar-refractivity contribution in [2.45, 2.75) is 26.2 Å². The first-order valence-corrected chi connectivity index (χ1v) is 6.37. The normalized spacial score (nSPS) is 17.6. The van der Waals surface area contributed by atoms with Crippen molar-refractivity contribution in [1.29, 1.82) is 0 Å². The van der Waals surface area contributed by atoms with E-state index in [1.807, 2.05) is 0 Å². The summed E-state index contributed by atoms with van der Waals surface area (Å²) in [6, 6.07) is 8.32. The van der Waals surface area contributed by atoms with Crippen LogP contribution in [0.25, 0.3) is 5.57 Å². The molecule has 1 aliphatic carbocycles. The summed E-state index contributed by atoms with van der Waals surface area (Å²) >= 11 is 0. The first kappa shape index (κ1) is 11.8. The Labute approximate surface area is 111 Å². The predicted molar refractivity (Wildman–Crippen MR) is 75.1 cm³/mol. The van der Waals surface area contributed by atoms with Gasteiger partial charge in [0.2, 0.25) is 0 Å². The van der Waals surface area contributed by atoms with Gasteiger partial charge in [0.1, 0.15) is 11.4 Å². The van der Waals surface area contributed by atoms with Crippen LogP contribution in [0.5, 0.6) is 0 Å². The lowest BCUT2D eigenvalue weighted by molar-refractivity contribution is 0.405. The molecule has 1 aromatic rings. The van der Waals surface area contributed by atoms with Gasteiger partial charge in [0, 0.05) is 5.57 Å². The Kier molecular flexibility index (Phi) is 2.78. The minimum atomic E-state index is 0.303. The number of aliphatic hydroxyl groups excluding tert-OH is 1. The van der Waals surface area contributed by atoms with E-state index < -0.39 is 0 Å². The van der Waals surface area contributed by atoms with Crippen LogP contribution in [0.15, 0.2) is 57.2 Å². The third-order valence-corrected chi connectivity index (χ3v) is 3.39. The lowest BCUT2D eigenvalue weighted by Crippen LogP contribution is -2.07. The molecule has 0 saturated heterocycles. The monoisotopic (exact) mass is 253 g/mol. The van der Waals surface area contributed by atoms with Gasteiger partial charge in [-0.15, -0.1) is 10.2 Å². The zero-order valence-corrected chi connectivity index (χ0v) is 11.0. The Morgan fingerprint density at radius 1 is 1.16 bits per heavy atom. The highest BCUT2D eigenvalue weighted by Gasteiger charge is 2.23. The van der Waals surface area contributed by atoms with Crippen LogP contribution in [-0.4, -0.2) is 10.8 Å². The molecule has 0 atom stereocenters. The quantitative estimate of drug-likeness (QED) is 0.844. The van der Waals surface area contributed by atoms with Gasteiger partial charge in [0.15, 0.2) is 0 Å². The number of nitrogens with zero attached hydrogens (tertiary/aromatic N) is 3. The second kappa shape index (κ2) is 4.46. The van der Waals surface area contributed by atoms with Gasteiger partial charge in [-0.25, -0.2) is 0 Å². The van der Waals surface area contributed by atoms with E-state index >= 15 is 0 Å². The maximum atomic E-state index is 9.79. The van der Waals surface area contributed by atoms with Gasteiger partial charge >= 0.3 is 0 Å². The standard InChI is InChI=1S/C15H15N3O/c1-9(2)10-3-5-11(6-4-10)13-7-12(19)8-14-15(13)17-18-16-14/h3-7,9,19H,8H2,1-2H3. The first-order valence-electron chi connectivity index (χ1n) is 6.37. The molecule has 3 rings (SSSR count). The van der Waals surface area contributed by atoms with Crippen molar-refractivity contribution in [3.8, 4) is 0 Å². The highest BCUT2D eigenvalue weighted by atomic mass is 16.3. The van der Waals surface area contributed by atoms with Crippen LogP contribution in [0.1, 0.15) is 37.3 Å². The number of hydrogen-bond donors (Lipinski definition) is 1. The van der Waals surface area contributed by atoms with Crippen LogP contribution in [0, 0.1) is 0 Å². The smallest absolute Gasteiger partial charge is 0.119 e. The average molecular weight is 253 g/mol. The summed E-state index contributed by atoms with van der Waals surface area (Å²) in [5, 5.41) is 21.5. The average Bonchev–Trinajstić information content (AvgIpc) is 2.85. The zero-order valence-electron chi connectivity index (χ0n) is 11.0. The fraction of sp³-hybridized carbons (Fsp3) is 0.267. The molecule has 2 aliphatic rings. The number of hydrogen-bond acceptors (Lipinski definition) is 4. The second-order valence-corrected chi connectivity index (χ2v) is 5.09. The van der Waals surface area contributed by atoms with Gasteiger partial charge in [-0.1, -0.05) is 38.1 Å². The topological polar surface area (TPSA) is 57.3 Å². The van der Waals surface area contributed by atoms with Crippen molar-refractivity contribution in [3.05, 3.63) is 52.9 Å². The molecule has 0 amide bonds. The second-order valence-electron chi connectivity index (χ2n) is 5.09. The third kappa shape index (κ3) is 2.10. The summed E-state index contributed by atoms with van der Waals surface area (Å²) in [4.78, 5) is 0. The maximum Gasteiger partial charge on any atom is 0.119 e. The number of rotatable bonds is 2. The Morgan fingerprint density at radius 2 is 1.89 bits per heavy atom. The third-order valence-electron chi connectivity index (χ3n) is 3.39. The fourth-order valence-corrected chi connectivity index (χ4v) is 2.28. The highest BCUT2D eigenvalue weighted by Crippen LogP contribution is 2.32. The van der Waals surface area contributed by atoms with E-state index in [2.05, 4.69) is 53.6 Å². The summed E-state index contributed by atoms with van der Waals surface area (Å²) in [6.45, 7) is 4.33. The SMILES string of the molecule is CC(C)c1ccc(C2=C3N=NN=C3CC(O)=C2)cc1. The highest BCUT2D eigenvalue weighted by molar-refractivity contribution is 6.11. The van der Waals surface area contributed by atoms with Crippen LogP contribution in [0.2, 0.25) is 0 Å². The van der Waals surface area contributed by atoms with Gasteiger partial charge < -0.3 is 5.11 Å². The minimum Gasteiger partial charge on any atom is -0.512 e. The molecule has 0 radical (unpaired) electrons. The molecule has 1 aromatic carbocycles. The first-order chi connectivity index (χ1) is 9.15. The van der Waals surface area contributed by atoms with Crippen LogP contribution < -0.4 is 0 Å². The van der Waals surface area contributed by atoms with Crippen LogP contribution >= 0.6 is 0 Å². The van der Waals surface area contributed by atoms with E-state index in [-0.39, 0.29) is 0 Å². The number of allylic oxidation sites excluding steroid dienone is 4. The molecule has 4 heteroatoms. The van der Waals surface area contributed by atoms with Crippen molar-refractivity contribution < 1.29 is 5.11 Å². The van der Waals surface area contributed by atoms with Crippen molar-refractivity contribution >= 4 is 11.3 Å². The molecule has 0 spiro atoms. The fourth-order valence-electron chi connectivity index (χ4n) is 2.28. The lowest BCUT2D eigenvalue weighted by Gasteiger charge is -2.14. The zero-order chi connectivity index (χ0) is 13.4. The van der Waals surface area contributed by atoms with Gasteiger partial charge in [-0.2, -0.15) is 0 Å². The lowest BCUT2D eigenvalue weighted by atomic mass is 9.93.